The van der Waals surface area contributed by atoms with Gasteiger partial charge in [-0.25, -0.2) is 9.59 Å². The number of hydrogen-bond donors (Lipinski definition) is 1. The lowest BCUT2D eigenvalue weighted by molar-refractivity contribution is -0.137. The van der Waals surface area contributed by atoms with Gasteiger partial charge in [0, 0.05) is 12.6 Å². The van der Waals surface area contributed by atoms with Crippen LogP contribution in [0.4, 0.5) is 4.79 Å². The minimum Gasteiger partial charge on any atom is -0.462 e. The van der Waals surface area contributed by atoms with E-state index in [-0.39, 0.29) is 6.61 Å². The average Bonchev–Trinajstić information content (AvgIpc) is 2.14. The molecule has 5 nitrogen and oxygen atoms in total. The third-order valence-corrected chi connectivity index (χ3v) is 1.40. The molecule has 0 bridgehead atoms. The Labute approximate surface area is 95.8 Å². The van der Waals surface area contributed by atoms with Crippen LogP contribution in [0.2, 0.25) is 0 Å². The largest absolute Gasteiger partial charge is 0.462 e. The first kappa shape index (κ1) is 14.5. The van der Waals surface area contributed by atoms with Gasteiger partial charge < -0.3 is 14.8 Å². The van der Waals surface area contributed by atoms with E-state index in [2.05, 4.69) is 11.9 Å². The van der Waals surface area contributed by atoms with Crippen molar-refractivity contribution in [1.29, 1.82) is 0 Å². The zero-order chi connectivity index (χ0) is 12.6. The van der Waals surface area contributed by atoms with Gasteiger partial charge in [-0.05, 0) is 27.2 Å². The van der Waals surface area contributed by atoms with Crippen molar-refractivity contribution in [2.45, 2.75) is 32.8 Å². The van der Waals surface area contributed by atoms with E-state index in [1.54, 1.807) is 20.8 Å². The molecule has 0 aliphatic rings. The first-order valence-corrected chi connectivity index (χ1v) is 5.11. The molecule has 0 unspecified atom stereocenters. The van der Waals surface area contributed by atoms with Crippen molar-refractivity contribution in [3.05, 3.63) is 12.7 Å². The van der Waals surface area contributed by atoms with Gasteiger partial charge >= 0.3 is 12.1 Å². The zero-order valence-electron chi connectivity index (χ0n) is 10.0. The summed E-state index contributed by atoms with van der Waals surface area (Å²) in [5.74, 6) is -0.461. The first-order valence-electron chi connectivity index (χ1n) is 5.11. The molecule has 0 aliphatic heterocycles. The fraction of sp³-hybridized carbons (Fsp3) is 0.636. The second kappa shape index (κ2) is 6.87. The van der Waals surface area contributed by atoms with Crippen LogP contribution in [0, 0.1) is 0 Å². The van der Waals surface area contributed by atoms with E-state index in [1.807, 2.05) is 0 Å². The summed E-state index contributed by atoms with van der Waals surface area (Å²) in [6, 6.07) is 0. The molecule has 0 saturated carbocycles. The third kappa shape index (κ3) is 9.05. The van der Waals surface area contributed by atoms with Crippen molar-refractivity contribution in [1.82, 2.24) is 5.32 Å². The molecular weight excluding hydrogens is 210 g/mol. The van der Waals surface area contributed by atoms with Crippen LogP contribution in [-0.4, -0.2) is 30.8 Å². The first-order chi connectivity index (χ1) is 7.35. The highest BCUT2D eigenvalue weighted by atomic mass is 16.6. The molecule has 1 N–H and O–H groups in total. The molecule has 0 fully saturated rings. The molecule has 0 rings (SSSR count). The Bertz CT molecular complexity index is 255. The lowest BCUT2D eigenvalue weighted by atomic mass is 10.2. The standard InChI is InChI=1S/C11H19NO4/c1-5-9(13)15-8-6-7-12-10(14)16-11(2,3)4/h5H,1,6-8H2,2-4H3,(H,12,14). The normalized spacial score (nSPS) is 10.4. The Balaban J connectivity index is 3.49. The molecule has 5 heteroatoms. The van der Waals surface area contributed by atoms with Crippen LogP contribution < -0.4 is 5.32 Å². The summed E-state index contributed by atoms with van der Waals surface area (Å²) >= 11 is 0. The summed E-state index contributed by atoms with van der Waals surface area (Å²) in [5.41, 5.74) is -0.501. The van der Waals surface area contributed by atoms with Crippen LogP contribution in [0.3, 0.4) is 0 Å². The van der Waals surface area contributed by atoms with Gasteiger partial charge in [-0.2, -0.15) is 0 Å². The smallest absolute Gasteiger partial charge is 0.407 e. The highest BCUT2D eigenvalue weighted by molar-refractivity contribution is 5.81. The summed E-state index contributed by atoms with van der Waals surface area (Å²) < 4.78 is 9.74. The highest BCUT2D eigenvalue weighted by Gasteiger charge is 2.15. The number of amides is 1. The van der Waals surface area contributed by atoms with Crippen LogP contribution in [0.25, 0.3) is 0 Å². The van der Waals surface area contributed by atoms with E-state index in [9.17, 15) is 9.59 Å². The zero-order valence-corrected chi connectivity index (χ0v) is 10.0. The fourth-order valence-corrected chi connectivity index (χ4v) is 0.808. The predicted molar refractivity (Wildman–Crippen MR) is 60.0 cm³/mol. The Kier molecular flexibility index (Phi) is 6.22. The number of rotatable bonds is 5. The Hall–Kier alpha value is -1.52. The van der Waals surface area contributed by atoms with E-state index < -0.39 is 17.7 Å². The fourth-order valence-electron chi connectivity index (χ4n) is 0.808. The van der Waals surface area contributed by atoms with Crippen LogP contribution in [0.15, 0.2) is 12.7 Å². The lowest BCUT2D eigenvalue weighted by Gasteiger charge is -2.19. The second-order valence-corrected chi connectivity index (χ2v) is 4.15. The molecule has 0 aromatic carbocycles. The number of nitrogens with one attached hydrogen (secondary N) is 1. The molecule has 0 aliphatic carbocycles. The topological polar surface area (TPSA) is 64.6 Å². The van der Waals surface area contributed by atoms with Crippen molar-refractivity contribution < 1.29 is 19.1 Å². The maximum Gasteiger partial charge on any atom is 0.407 e. The minimum absolute atomic E-state index is 0.251. The number of alkyl carbamates (subject to hydrolysis) is 1. The van der Waals surface area contributed by atoms with Gasteiger partial charge in [-0.15, -0.1) is 0 Å². The number of hydrogen-bond acceptors (Lipinski definition) is 4. The summed E-state index contributed by atoms with van der Waals surface area (Å²) in [5, 5.41) is 2.55. The molecule has 0 atom stereocenters. The molecule has 16 heavy (non-hydrogen) atoms. The number of esters is 1. The summed E-state index contributed by atoms with van der Waals surface area (Å²) in [6.45, 7) is 9.29. The van der Waals surface area contributed by atoms with Gasteiger partial charge in [0.2, 0.25) is 0 Å². The Morgan fingerprint density at radius 2 is 2.00 bits per heavy atom. The van der Waals surface area contributed by atoms with Crippen LogP contribution in [0.5, 0.6) is 0 Å². The van der Waals surface area contributed by atoms with Crippen LogP contribution in [-0.2, 0) is 14.3 Å². The summed E-state index contributed by atoms with van der Waals surface area (Å²) in [7, 11) is 0. The molecule has 0 radical (unpaired) electrons. The van der Waals surface area contributed by atoms with Gasteiger partial charge in [0.1, 0.15) is 5.60 Å². The third-order valence-electron chi connectivity index (χ3n) is 1.40. The molecular formula is C11H19NO4. The predicted octanol–water partition coefficient (Wildman–Crippen LogP) is 1.63. The molecule has 0 spiro atoms. The second-order valence-electron chi connectivity index (χ2n) is 4.15. The van der Waals surface area contributed by atoms with Crippen LogP contribution in [0.1, 0.15) is 27.2 Å². The lowest BCUT2D eigenvalue weighted by Crippen LogP contribution is -2.33. The van der Waals surface area contributed by atoms with E-state index in [0.29, 0.717) is 13.0 Å². The van der Waals surface area contributed by atoms with Gasteiger partial charge in [0.15, 0.2) is 0 Å². The van der Waals surface area contributed by atoms with E-state index >= 15 is 0 Å². The molecule has 0 aromatic rings. The van der Waals surface area contributed by atoms with Crippen molar-refractivity contribution in [2.75, 3.05) is 13.2 Å². The maximum absolute atomic E-state index is 11.2. The summed E-state index contributed by atoms with van der Waals surface area (Å²) in [6.07, 6.45) is 1.17. The molecule has 0 aromatic heterocycles. The van der Waals surface area contributed by atoms with Gasteiger partial charge in [-0.1, -0.05) is 6.58 Å². The van der Waals surface area contributed by atoms with Gasteiger partial charge in [-0.3, -0.25) is 0 Å². The number of carbonyl (C=O) groups is 2. The summed E-state index contributed by atoms with van der Waals surface area (Å²) in [4.78, 5) is 21.8. The Morgan fingerprint density at radius 1 is 1.38 bits per heavy atom. The SMILES string of the molecule is C=CC(=O)OCCCNC(=O)OC(C)(C)C. The quantitative estimate of drug-likeness (QED) is 0.442. The van der Waals surface area contributed by atoms with Crippen molar-refractivity contribution in [3.63, 3.8) is 0 Å². The Morgan fingerprint density at radius 3 is 2.50 bits per heavy atom. The molecule has 0 saturated heterocycles. The average molecular weight is 229 g/mol. The number of carbonyl (C=O) groups excluding carboxylic acids is 2. The van der Waals surface area contributed by atoms with Gasteiger partial charge in [0.25, 0.3) is 0 Å². The van der Waals surface area contributed by atoms with E-state index in [1.165, 1.54) is 0 Å². The van der Waals surface area contributed by atoms with Crippen LogP contribution >= 0.6 is 0 Å². The molecule has 0 heterocycles. The highest BCUT2D eigenvalue weighted by Crippen LogP contribution is 2.06. The van der Waals surface area contributed by atoms with E-state index in [0.717, 1.165) is 6.08 Å². The molecule has 1 amide bonds. The molecule has 92 valence electrons. The van der Waals surface area contributed by atoms with Crippen molar-refractivity contribution in [3.8, 4) is 0 Å². The van der Waals surface area contributed by atoms with E-state index in [4.69, 9.17) is 9.47 Å². The maximum atomic E-state index is 11.2. The minimum atomic E-state index is -0.501. The van der Waals surface area contributed by atoms with Crippen molar-refractivity contribution >= 4 is 12.1 Å². The van der Waals surface area contributed by atoms with Crippen molar-refractivity contribution in [2.24, 2.45) is 0 Å². The number of ether oxygens (including phenoxy) is 2. The monoisotopic (exact) mass is 229 g/mol. The van der Waals surface area contributed by atoms with Gasteiger partial charge in [0.05, 0.1) is 6.61 Å².